The average Bonchev–Trinajstić information content (AvgIpc) is 2.74. The first-order valence-electron chi connectivity index (χ1n) is 9.19. The van der Waals surface area contributed by atoms with E-state index < -0.39 is 49.2 Å². The zero-order valence-corrected chi connectivity index (χ0v) is 23.6. The number of aliphatic hydroxyl groups excluding tert-OH is 5. The van der Waals surface area contributed by atoms with Crippen molar-refractivity contribution >= 4 is 91.2 Å². The first-order chi connectivity index (χ1) is 14.9. The maximum absolute atomic E-state index is 12.9. The van der Waals surface area contributed by atoms with Crippen LogP contribution < -0.4 is 15.5 Å². The summed E-state index contributed by atoms with van der Waals surface area (Å²) in [5.41, 5.74) is 0.341. The van der Waals surface area contributed by atoms with Crippen LogP contribution in [-0.2, 0) is 4.79 Å². The van der Waals surface area contributed by atoms with E-state index in [2.05, 4.69) is 10.6 Å². The number of hydrogen-bond donors (Lipinski definition) is 7. The predicted octanol–water partition coefficient (Wildman–Crippen LogP) is -0.990. The van der Waals surface area contributed by atoms with Crippen LogP contribution in [0.5, 0.6) is 0 Å². The number of halogens is 3. The number of likely N-dealkylation sites (N-methyl/N-ethyl adjacent to an activating group) is 1. The third kappa shape index (κ3) is 7.31. The van der Waals surface area contributed by atoms with E-state index >= 15 is 0 Å². The van der Waals surface area contributed by atoms with Gasteiger partial charge in [-0.2, -0.15) is 0 Å². The summed E-state index contributed by atoms with van der Waals surface area (Å²) in [4.78, 5) is 39.4. The van der Waals surface area contributed by atoms with Gasteiger partial charge in [-0.15, -0.1) is 0 Å². The van der Waals surface area contributed by atoms with E-state index in [-0.39, 0.29) is 33.5 Å². The summed E-state index contributed by atoms with van der Waals surface area (Å²) in [6, 6.07) is 0. The number of nitrogens with zero attached hydrogens (tertiary/aromatic N) is 1. The third-order valence-electron chi connectivity index (χ3n) is 4.19. The average molecular weight is 791 g/mol. The Balaban J connectivity index is 3.64. The highest BCUT2D eigenvalue weighted by molar-refractivity contribution is 14.1. The molecule has 0 aromatic heterocycles. The minimum Gasteiger partial charge on any atom is -0.394 e. The molecule has 2 unspecified atom stereocenters. The smallest absolute Gasteiger partial charge is 0.255 e. The number of aliphatic hydroxyl groups is 5. The van der Waals surface area contributed by atoms with Gasteiger partial charge in [-0.3, -0.25) is 14.4 Å². The molecule has 0 aliphatic heterocycles. The lowest BCUT2D eigenvalue weighted by molar-refractivity contribution is -0.125. The topological polar surface area (TPSA) is 180 Å². The summed E-state index contributed by atoms with van der Waals surface area (Å²) in [6.45, 7) is -0.304. The van der Waals surface area contributed by atoms with Crippen LogP contribution in [0.15, 0.2) is 0 Å². The molecule has 32 heavy (non-hydrogen) atoms. The number of carbonyl (C=O) groups is 3. The lowest BCUT2D eigenvalue weighted by atomic mass is 10.1. The monoisotopic (exact) mass is 791 g/mol. The number of benzene rings is 1. The molecule has 3 atom stereocenters. The summed E-state index contributed by atoms with van der Waals surface area (Å²) in [7, 11) is 1.40. The van der Waals surface area contributed by atoms with Gasteiger partial charge in [0.25, 0.3) is 17.7 Å². The van der Waals surface area contributed by atoms with Gasteiger partial charge in [0.15, 0.2) is 0 Å². The first-order valence-corrected chi connectivity index (χ1v) is 12.4. The Bertz CT molecular complexity index is 815. The molecule has 1 rings (SSSR count). The number of anilines is 1. The van der Waals surface area contributed by atoms with Gasteiger partial charge in [-0.25, -0.2) is 0 Å². The Kier molecular flexibility index (Phi) is 12.5. The number of amides is 3. The quantitative estimate of drug-likeness (QED) is 0.148. The Hall–Kier alpha value is -0.380. The van der Waals surface area contributed by atoms with Crippen molar-refractivity contribution < 1.29 is 39.9 Å². The van der Waals surface area contributed by atoms with E-state index in [1.54, 1.807) is 0 Å². The van der Waals surface area contributed by atoms with Crippen LogP contribution in [0.2, 0.25) is 0 Å². The molecule has 0 spiro atoms. The molecule has 7 N–H and O–H groups in total. The van der Waals surface area contributed by atoms with Crippen molar-refractivity contribution in [2.45, 2.75) is 25.2 Å². The van der Waals surface area contributed by atoms with E-state index in [4.69, 9.17) is 10.2 Å². The van der Waals surface area contributed by atoms with Crippen LogP contribution in [-0.4, -0.2) is 94.9 Å². The van der Waals surface area contributed by atoms with Gasteiger partial charge in [0.1, 0.15) is 6.10 Å². The Labute approximate surface area is 225 Å². The Morgan fingerprint density at radius 2 is 1.22 bits per heavy atom. The van der Waals surface area contributed by atoms with Crippen LogP contribution in [0.4, 0.5) is 5.69 Å². The molecule has 0 bridgehead atoms. The second-order valence-corrected chi connectivity index (χ2v) is 9.94. The fraction of sp³-hybridized carbons (Fsp3) is 0.500. The maximum atomic E-state index is 12.9. The minimum atomic E-state index is -1.33. The van der Waals surface area contributed by atoms with E-state index in [9.17, 15) is 29.7 Å². The van der Waals surface area contributed by atoms with Crippen LogP contribution in [0.25, 0.3) is 0 Å². The molecule has 14 heteroatoms. The zero-order chi connectivity index (χ0) is 24.7. The molecule has 1 aromatic carbocycles. The van der Waals surface area contributed by atoms with Crippen LogP contribution in [0.1, 0.15) is 27.6 Å². The zero-order valence-electron chi connectivity index (χ0n) is 17.1. The highest BCUT2D eigenvalue weighted by Gasteiger charge is 2.31. The molecular weight excluding hydrogens is 767 g/mol. The fourth-order valence-corrected chi connectivity index (χ4v) is 7.33. The van der Waals surface area contributed by atoms with Gasteiger partial charge in [-0.1, -0.05) is 0 Å². The van der Waals surface area contributed by atoms with E-state index in [1.807, 2.05) is 67.8 Å². The van der Waals surface area contributed by atoms with Gasteiger partial charge < -0.3 is 41.1 Å². The van der Waals surface area contributed by atoms with Crippen LogP contribution in [0, 0.1) is 10.7 Å². The van der Waals surface area contributed by atoms with Gasteiger partial charge in [-0.05, 0) is 74.7 Å². The minimum absolute atomic E-state index is 0.0601. The number of nitrogens with one attached hydrogen (secondary N) is 2. The number of carbonyl (C=O) groups excluding carboxylic acids is 3. The molecule has 0 heterocycles. The molecule has 3 amide bonds. The molecule has 0 saturated carbocycles. The van der Waals surface area contributed by atoms with Gasteiger partial charge in [0.2, 0.25) is 0 Å². The molecular formula is C18H24I3N3O8. The largest absolute Gasteiger partial charge is 0.394 e. The van der Waals surface area contributed by atoms with Crippen molar-refractivity contribution in [1.29, 1.82) is 0 Å². The van der Waals surface area contributed by atoms with E-state index in [0.29, 0.717) is 7.14 Å². The summed E-state index contributed by atoms with van der Waals surface area (Å²) in [5.74, 6) is -1.95. The molecule has 0 saturated heterocycles. The van der Waals surface area contributed by atoms with E-state index in [1.165, 1.54) is 14.0 Å². The molecule has 0 aliphatic carbocycles. The van der Waals surface area contributed by atoms with Crippen molar-refractivity contribution in [1.82, 2.24) is 10.6 Å². The Morgan fingerprint density at radius 3 is 1.53 bits per heavy atom. The van der Waals surface area contributed by atoms with Crippen molar-refractivity contribution in [3.05, 3.63) is 21.8 Å². The third-order valence-corrected chi connectivity index (χ3v) is 7.37. The predicted molar refractivity (Wildman–Crippen MR) is 141 cm³/mol. The summed E-state index contributed by atoms with van der Waals surface area (Å²) in [6.07, 6.45) is -3.69. The fourth-order valence-electron chi connectivity index (χ4n) is 2.46. The molecule has 0 fully saturated rings. The second-order valence-electron chi connectivity index (χ2n) is 6.71. The lowest BCUT2D eigenvalue weighted by Crippen LogP contribution is -2.39. The van der Waals surface area contributed by atoms with Crippen molar-refractivity contribution in [2.75, 3.05) is 38.3 Å². The molecule has 0 aliphatic rings. The highest BCUT2D eigenvalue weighted by atomic mass is 127. The first kappa shape index (κ1) is 29.7. The van der Waals surface area contributed by atoms with Crippen molar-refractivity contribution in [2.24, 2.45) is 0 Å². The van der Waals surface area contributed by atoms with Gasteiger partial charge in [0, 0.05) is 23.7 Å². The summed E-state index contributed by atoms with van der Waals surface area (Å²) >= 11 is 5.54. The van der Waals surface area contributed by atoms with Crippen molar-refractivity contribution in [3.63, 3.8) is 0 Å². The van der Waals surface area contributed by atoms with Crippen LogP contribution >= 0.6 is 67.8 Å². The van der Waals surface area contributed by atoms with Gasteiger partial charge >= 0.3 is 0 Å². The second kappa shape index (κ2) is 13.5. The maximum Gasteiger partial charge on any atom is 0.255 e. The lowest BCUT2D eigenvalue weighted by Gasteiger charge is -2.26. The normalized spacial score (nSPS) is 13.8. The van der Waals surface area contributed by atoms with Crippen molar-refractivity contribution in [3.8, 4) is 0 Å². The number of rotatable bonds is 10. The van der Waals surface area contributed by atoms with Gasteiger partial charge in [0.05, 0.1) is 49.4 Å². The summed E-state index contributed by atoms with van der Waals surface area (Å²) < 4.78 is 0.914. The number of hydrogen-bond acceptors (Lipinski definition) is 8. The molecule has 180 valence electrons. The Morgan fingerprint density at radius 1 is 0.844 bits per heavy atom. The van der Waals surface area contributed by atoms with Crippen LogP contribution in [0.3, 0.4) is 0 Å². The standard InChI is InChI=1S/C18H24I3N3O8/c1-7(27)18(32)24(2)15-13(20)10(16(30)22-3-8(28)5-25)12(19)11(14(15)21)17(31)23-4-9(29)6-26/h7-9,25-29H,3-6H2,1-2H3,(H,22,30)(H,23,31)/t7-,8?,9?/m0/s1. The highest BCUT2D eigenvalue weighted by Crippen LogP contribution is 2.37. The molecule has 1 aromatic rings. The van der Waals surface area contributed by atoms with E-state index in [0.717, 1.165) is 4.90 Å². The SMILES string of the molecule is C[C@H](O)C(=O)N(C)c1c(I)c(C(=O)NCC(O)CO)c(I)c(C(=O)NCC(O)CO)c1I. The molecule has 0 radical (unpaired) electrons. The summed E-state index contributed by atoms with van der Waals surface area (Å²) in [5, 5.41) is 51.7. The molecule has 11 nitrogen and oxygen atoms in total.